The molecule has 0 bridgehead atoms. The Bertz CT molecular complexity index is 138. The predicted molar refractivity (Wildman–Crippen MR) is 36.0 cm³/mol. The maximum absolute atomic E-state index is 10.6. The second-order valence-corrected chi connectivity index (χ2v) is 2.51. The summed E-state index contributed by atoms with van der Waals surface area (Å²) in [6.07, 6.45) is 0.546. The zero-order chi connectivity index (χ0) is 7.56. The van der Waals surface area contributed by atoms with E-state index in [1.54, 1.807) is 5.01 Å². The van der Waals surface area contributed by atoms with Crippen LogP contribution in [0.5, 0.6) is 0 Å². The Morgan fingerprint density at radius 3 is 3.00 bits per heavy atom. The van der Waals surface area contributed by atoms with Crippen molar-refractivity contribution in [2.45, 2.75) is 19.4 Å². The molecule has 2 N–H and O–H groups in total. The Labute approximate surface area is 59.8 Å². The van der Waals surface area contributed by atoms with E-state index in [2.05, 4.69) is 5.43 Å². The number of carbonyl (C=O) groups excluding carboxylic acids is 1. The quantitative estimate of drug-likeness (QED) is 0.528. The van der Waals surface area contributed by atoms with Crippen LogP contribution in [-0.2, 0) is 4.79 Å². The molecule has 4 nitrogen and oxygen atoms in total. The van der Waals surface area contributed by atoms with Crippen LogP contribution in [0, 0.1) is 0 Å². The molecular formula is C6H12N2O2. The van der Waals surface area contributed by atoms with Gasteiger partial charge in [-0.05, 0) is 6.92 Å². The van der Waals surface area contributed by atoms with Gasteiger partial charge in [0.05, 0.1) is 6.61 Å². The largest absolute Gasteiger partial charge is 0.395 e. The fourth-order valence-corrected chi connectivity index (χ4v) is 0.923. The normalized spacial score (nSPS) is 22.8. The van der Waals surface area contributed by atoms with Gasteiger partial charge in [-0.1, -0.05) is 0 Å². The van der Waals surface area contributed by atoms with Crippen molar-refractivity contribution in [3.63, 3.8) is 0 Å². The molecule has 1 fully saturated rings. The van der Waals surface area contributed by atoms with Crippen LogP contribution in [0.4, 0.5) is 0 Å². The topological polar surface area (TPSA) is 52.6 Å². The van der Waals surface area contributed by atoms with E-state index in [1.807, 2.05) is 6.92 Å². The minimum Gasteiger partial charge on any atom is -0.395 e. The van der Waals surface area contributed by atoms with Crippen molar-refractivity contribution in [1.29, 1.82) is 0 Å². The van der Waals surface area contributed by atoms with Gasteiger partial charge in [0.2, 0.25) is 5.91 Å². The summed E-state index contributed by atoms with van der Waals surface area (Å²) in [4.78, 5) is 10.6. The Morgan fingerprint density at radius 1 is 1.90 bits per heavy atom. The number of amides is 1. The van der Waals surface area contributed by atoms with Crippen LogP contribution in [0.1, 0.15) is 13.3 Å². The van der Waals surface area contributed by atoms with Gasteiger partial charge in [0.1, 0.15) is 0 Å². The van der Waals surface area contributed by atoms with Crippen molar-refractivity contribution in [2.75, 3.05) is 13.2 Å². The Morgan fingerprint density at radius 2 is 2.60 bits per heavy atom. The van der Waals surface area contributed by atoms with Crippen LogP contribution in [0.2, 0.25) is 0 Å². The molecule has 0 aromatic heterocycles. The summed E-state index contributed by atoms with van der Waals surface area (Å²) in [7, 11) is 0. The minimum absolute atomic E-state index is 0.0337. The van der Waals surface area contributed by atoms with Gasteiger partial charge in [0.25, 0.3) is 0 Å². The molecule has 4 heteroatoms. The first kappa shape index (κ1) is 7.50. The van der Waals surface area contributed by atoms with Crippen LogP contribution in [0.15, 0.2) is 0 Å². The number of carbonyl (C=O) groups is 1. The molecule has 1 atom stereocenters. The highest BCUT2D eigenvalue weighted by Gasteiger charge is 2.21. The lowest BCUT2D eigenvalue weighted by molar-refractivity contribution is -0.121. The Kier molecular flexibility index (Phi) is 2.24. The number of aliphatic hydroxyl groups is 1. The number of nitrogens with zero attached hydrogens (tertiary/aromatic N) is 1. The van der Waals surface area contributed by atoms with Gasteiger partial charge in [0, 0.05) is 19.0 Å². The van der Waals surface area contributed by atoms with E-state index < -0.39 is 0 Å². The fraction of sp³-hybridized carbons (Fsp3) is 0.833. The predicted octanol–water partition coefficient (Wildman–Crippen LogP) is -0.896. The molecule has 1 aliphatic rings. The molecule has 1 aliphatic heterocycles. The Balaban J connectivity index is 2.36. The second kappa shape index (κ2) is 2.98. The fourth-order valence-electron chi connectivity index (χ4n) is 0.923. The zero-order valence-corrected chi connectivity index (χ0v) is 6.00. The molecule has 0 aromatic rings. The zero-order valence-electron chi connectivity index (χ0n) is 6.00. The van der Waals surface area contributed by atoms with Gasteiger partial charge < -0.3 is 5.11 Å². The summed E-state index contributed by atoms with van der Waals surface area (Å²) < 4.78 is 0. The summed E-state index contributed by atoms with van der Waals surface area (Å²) in [6.45, 7) is 2.66. The molecule has 1 amide bonds. The number of hydrogen-bond donors (Lipinski definition) is 2. The van der Waals surface area contributed by atoms with E-state index >= 15 is 0 Å². The van der Waals surface area contributed by atoms with E-state index in [-0.39, 0.29) is 18.6 Å². The lowest BCUT2D eigenvalue weighted by Gasteiger charge is -2.20. The minimum atomic E-state index is 0.0337. The molecule has 0 radical (unpaired) electrons. The van der Waals surface area contributed by atoms with Gasteiger partial charge in [0.15, 0.2) is 0 Å². The van der Waals surface area contributed by atoms with Crippen LogP contribution >= 0.6 is 0 Å². The lowest BCUT2D eigenvalue weighted by Crippen LogP contribution is -2.42. The van der Waals surface area contributed by atoms with Crippen molar-refractivity contribution in [1.82, 2.24) is 10.4 Å². The number of nitrogens with one attached hydrogen (secondary N) is 1. The molecule has 0 aromatic carbocycles. The van der Waals surface area contributed by atoms with Crippen molar-refractivity contribution in [3.05, 3.63) is 0 Å². The lowest BCUT2D eigenvalue weighted by atomic mass is 10.3. The molecular weight excluding hydrogens is 132 g/mol. The van der Waals surface area contributed by atoms with Crippen LogP contribution in [0.25, 0.3) is 0 Å². The molecule has 0 saturated carbocycles. The van der Waals surface area contributed by atoms with E-state index in [1.165, 1.54) is 0 Å². The maximum Gasteiger partial charge on any atom is 0.235 e. The average molecular weight is 144 g/mol. The molecule has 1 unspecified atom stereocenters. The number of aliphatic hydroxyl groups excluding tert-OH is 1. The third kappa shape index (κ3) is 1.46. The van der Waals surface area contributed by atoms with Crippen LogP contribution in [0.3, 0.4) is 0 Å². The van der Waals surface area contributed by atoms with Gasteiger partial charge >= 0.3 is 0 Å². The molecule has 1 rings (SSSR count). The van der Waals surface area contributed by atoms with Gasteiger partial charge in [-0.2, -0.15) is 0 Å². The Hall–Kier alpha value is -0.610. The van der Waals surface area contributed by atoms with Crippen molar-refractivity contribution in [3.8, 4) is 0 Å². The molecule has 58 valence electrons. The summed E-state index contributed by atoms with van der Waals surface area (Å²) in [5.41, 5.74) is 2.64. The summed E-state index contributed by atoms with van der Waals surface area (Å²) in [5.74, 6) is 0.0419. The summed E-state index contributed by atoms with van der Waals surface area (Å²) >= 11 is 0. The monoisotopic (exact) mass is 144 g/mol. The maximum atomic E-state index is 10.6. The number of rotatable bonds is 2. The van der Waals surface area contributed by atoms with Crippen molar-refractivity contribution >= 4 is 5.91 Å². The van der Waals surface area contributed by atoms with E-state index in [4.69, 9.17) is 5.11 Å². The number of hydrogen-bond acceptors (Lipinski definition) is 3. The molecule has 0 spiro atoms. The molecule has 10 heavy (non-hydrogen) atoms. The van der Waals surface area contributed by atoms with Gasteiger partial charge in [-0.15, -0.1) is 0 Å². The van der Waals surface area contributed by atoms with Crippen molar-refractivity contribution < 1.29 is 9.90 Å². The van der Waals surface area contributed by atoms with E-state index in [0.717, 1.165) is 0 Å². The highest BCUT2D eigenvalue weighted by Crippen LogP contribution is 2.02. The standard InChI is InChI=1S/C6H12N2O2/c1-5(4-9)8-3-2-6(10)7-8/h5,9H,2-4H2,1H3,(H,7,10). The molecule has 1 saturated heterocycles. The highest BCUT2D eigenvalue weighted by molar-refractivity contribution is 5.77. The first-order valence-corrected chi connectivity index (χ1v) is 3.41. The summed E-state index contributed by atoms with van der Waals surface area (Å²) in [5, 5.41) is 10.4. The molecule has 1 heterocycles. The number of hydrazine groups is 1. The third-order valence-electron chi connectivity index (χ3n) is 1.64. The first-order valence-electron chi connectivity index (χ1n) is 3.41. The SMILES string of the molecule is CC(CO)N1CCC(=O)N1. The third-order valence-corrected chi connectivity index (χ3v) is 1.64. The van der Waals surface area contributed by atoms with Crippen molar-refractivity contribution in [2.24, 2.45) is 0 Å². The van der Waals surface area contributed by atoms with Crippen LogP contribution in [-0.4, -0.2) is 35.2 Å². The average Bonchev–Trinajstić information content (AvgIpc) is 2.34. The van der Waals surface area contributed by atoms with E-state index in [0.29, 0.717) is 13.0 Å². The van der Waals surface area contributed by atoms with Crippen LogP contribution < -0.4 is 5.43 Å². The first-order chi connectivity index (χ1) is 4.74. The smallest absolute Gasteiger partial charge is 0.235 e. The van der Waals surface area contributed by atoms with E-state index in [9.17, 15) is 4.79 Å². The van der Waals surface area contributed by atoms with Gasteiger partial charge in [-0.25, -0.2) is 5.01 Å². The molecule has 0 aliphatic carbocycles. The second-order valence-electron chi connectivity index (χ2n) is 2.51. The van der Waals surface area contributed by atoms with Gasteiger partial charge in [-0.3, -0.25) is 10.2 Å². The summed E-state index contributed by atoms with van der Waals surface area (Å²) in [6, 6.07) is 0.0337. The highest BCUT2D eigenvalue weighted by atomic mass is 16.3.